The van der Waals surface area contributed by atoms with E-state index >= 15 is 0 Å². The summed E-state index contributed by atoms with van der Waals surface area (Å²) in [5, 5.41) is 2.60. The fourth-order valence-electron chi connectivity index (χ4n) is 3.46. The van der Waals surface area contributed by atoms with E-state index in [0.717, 1.165) is 23.5 Å². The molecule has 0 aliphatic carbocycles. The van der Waals surface area contributed by atoms with Gasteiger partial charge in [-0.2, -0.15) is 0 Å². The van der Waals surface area contributed by atoms with Crippen LogP contribution in [0, 0.1) is 13.8 Å². The lowest BCUT2D eigenvalue weighted by atomic mass is 10.1. The number of rotatable bonds is 5. The van der Waals surface area contributed by atoms with Crippen LogP contribution in [0.25, 0.3) is 6.08 Å². The Kier molecular flexibility index (Phi) is 5.74. The molecule has 7 nitrogen and oxygen atoms in total. The minimum atomic E-state index is -0.523. The second kappa shape index (κ2) is 8.08. The van der Waals surface area contributed by atoms with Crippen LogP contribution in [0.15, 0.2) is 29.8 Å². The van der Waals surface area contributed by atoms with Crippen molar-refractivity contribution in [2.75, 3.05) is 19.1 Å². The molecule has 1 N–H and O–H groups in total. The lowest BCUT2D eigenvalue weighted by molar-refractivity contribution is -0.122. The third kappa shape index (κ3) is 3.63. The van der Waals surface area contributed by atoms with Crippen molar-refractivity contribution in [3.8, 4) is 11.5 Å². The molecule has 0 atom stereocenters. The minimum absolute atomic E-state index is 0.000326. The van der Waals surface area contributed by atoms with Crippen molar-refractivity contribution in [3.63, 3.8) is 0 Å². The number of thiocarbonyl (C=S) groups is 1. The van der Waals surface area contributed by atoms with Gasteiger partial charge >= 0.3 is 0 Å². The summed E-state index contributed by atoms with van der Waals surface area (Å²) in [5.41, 5.74) is 3.29. The topological polar surface area (TPSA) is 72.8 Å². The molecule has 1 aromatic heterocycles. The lowest BCUT2D eigenvalue weighted by Crippen LogP contribution is -2.54. The fraction of sp³-hybridized carbons (Fsp3) is 0.286. The van der Waals surface area contributed by atoms with Crippen molar-refractivity contribution in [2.24, 2.45) is 0 Å². The van der Waals surface area contributed by atoms with Gasteiger partial charge in [-0.05, 0) is 62.8 Å². The highest BCUT2D eigenvalue weighted by Crippen LogP contribution is 2.34. The van der Waals surface area contributed by atoms with E-state index in [-0.39, 0.29) is 10.7 Å². The number of benzene rings is 1. The molecule has 1 saturated heterocycles. The van der Waals surface area contributed by atoms with Crippen molar-refractivity contribution in [1.82, 2.24) is 9.88 Å². The maximum Gasteiger partial charge on any atom is 0.270 e. The lowest BCUT2D eigenvalue weighted by Gasteiger charge is -2.30. The number of hydrogen-bond acceptors (Lipinski definition) is 5. The predicted molar refractivity (Wildman–Crippen MR) is 115 cm³/mol. The molecule has 29 heavy (non-hydrogen) atoms. The highest BCUT2D eigenvalue weighted by atomic mass is 32.1. The molecule has 3 rings (SSSR count). The van der Waals surface area contributed by atoms with Crippen molar-refractivity contribution >= 4 is 40.9 Å². The van der Waals surface area contributed by atoms with Crippen LogP contribution in [0.4, 0.5) is 5.69 Å². The van der Waals surface area contributed by atoms with Gasteiger partial charge in [0, 0.05) is 24.0 Å². The molecule has 2 aromatic rings. The Balaban J connectivity index is 2.08. The Labute approximate surface area is 174 Å². The number of ether oxygens (including phenoxy) is 2. The Morgan fingerprint density at radius 3 is 2.45 bits per heavy atom. The third-order valence-electron chi connectivity index (χ3n) is 4.96. The molecule has 1 aliphatic rings. The van der Waals surface area contributed by atoms with Crippen molar-refractivity contribution in [1.29, 1.82) is 0 Å². The van der Waals surface area contributed by atoms with Crippen LogP contribution in [-0.2, 0) is 16.1 Å². The van der Waals surface area contributed by atoms with Crippen LogP contribution in [0.1, 0.15) is 23.9 Å². The number of amides is 2. The first kappa shape index (κ1) is 20.6. The molecule has 0 unspecified atom stereocenters. The Morgan fingerprint density at radius 1 is 1.14 bits per heavy atom. The molecular formula is C21H23N3O4S. The maximum absolute atomic E-state index is 13.3. The Bertz CT molecular complexity index is 1040. The van der Waals surface area contributed by atoms with Gasteiger partial charge in [0.2, 0.25) is 0 Å². The highest BCUT2D eigenvalue weighted by Gasteiger charge is 2.36. The van der Waals surface area contributed by atoms with Crippen LogP contribution >= 0.6 is 12.2 Å². The molecule has 8 heteroatoms. The van der Waals surface area contributed by atoms with Crippen LogP contribution in [0.2, 0.25) is 0 Å². The maximum atomic E-state index is 13.3. The highest BCUT2D eigenvalue weighted by molar-refractivity contribution is 7.80. The second-order valence-corrected chi connectivity index (χ2v) is 6.95. The average Bonchev–Trinajstić information content (AvgIpc) is 2.97. The number of carbonyl (C=O) groups is 2. The second-order valence-electron chi connectivity index (χ2n) is 6.57. The fourth-order valence-corrected chi connectivity index (χ4v) is 3.74. The number of hydrogen-bond donors (Lipinski definition) is 1. The Hall–Kier alpha value is -3.13. The largest absolute Gasteiger partial charge is 0.497 e. The first-order valence-electron chi connectivity index (χ1n) is 9.12. The van der Waals surface area contributed by atoms with E-state index in [0.29, 0.717) is 17.2 Å². The summed E-state index contributed by atoms with van der Waals surface area (Å²) in [6.07, 6.45) is 1.61. The summed E-state index contributed by atoms with van der Waals surface area (Å²) >= 11 is 5.27. The summed E-state index contributed by atoms with van der Waals surface area (Å²) in [6.45, 7) is 6.81. The molecule has 2 heterocycles. The standard InChI is InChI=1S/C21H23N3O4S/c1-6-23-12(2)9-14(13(23)3)10-16-19(25)22-21(29)24(20(16)26)17-8-7-15(27-4)11-18(17)28-5/h7-11H,6H2,1-5H3,(H,22,25,29)/b16-10-. The average molecular weight is 413 g/mol. The zero-order valence-electron chi connectivity index (χ0n) is 17.0. The molecule has 0 bridgehead atoms. The van der Waals surface area contributed by atoms with Crippen LogP contribution in [0.3, 0.4) is 0 Å². The summed E-state index contributed by atoms with van der Waals surface area (Å²) in [5.74, 6) is -0.0546. The number of aromatic nitrogens is 1. The van der Waals surface area contributed by atoms with Gasteiger partial charge < -0.3 is 14.0 Å². The summed E-state index contributed by atoms with van der Waals surface area (Å²) in [7, 11) is 3.03. The first-order valence-corrected chi connectivity index (χ1v) is 9.53. The normalized spacial score (nSPS) is 15.7. The summed E-state index contributed by atoms with van der Waals surface area (Å²) < 4.78 is 12.7. The third-order valence-corrected chi connectivity index (χ3v) is 5.24. The molecule has 152 valence electrons. The number of nitrogens with one attached hydrogen (secondary N) is 1. The zero-order valence-corrected chi connectivity index (χ0v) is 17.8. The van der Waals surface area contributed by atoms with E-state index < -0.39 is 11.8 Å². The van der Waals surface area contributed by atoms with Gasteiger partial charge in [0.25, 0.3) is 11.8 Å². The first-order chi connectivity index (χ1) is 13.8. The number of aryl methyl sites for hydroxylation is 1. The van der Waals surface area contributed by atoms with E-state index in [1.807, 2.05) is 26.8 Å². The van der Waals surface area contributed by atoms with Crippen LogP contribution < -0.4 is 19.7 Å². The van der Waals surface area contributed by atoms with Gasteiger partial charge in [-0.3, -0.25) is 14.9 Å². The number of anilines is 1. The number of nitrogens with zero attached hydrogens (tertiary/aromatic N) is 2. The SMILES string of the molecule is CCn1c(C)cc(/C=C2/C(=O)NC(=S)N(c3ccc(OC)cc3OC)C2=O)c1C. The van der Waals surface area contributed by atoms with E-state index in [1.165, 1.54) is 12.0 Å². The molecule has 2 amide bonds. The number of carbonyl (C=O) groups excluding carboxylic acids is 2. The van der Waals surface area contributed by atoms with Gasteiger partial charge in [0.15, 0.2) is 5.11 Å². The minimum Gasteiger partial charge on any atom is -0.497 e. The summed E-state index contributed by atoms with van der Waals surface area (Å²) in [6, 6.07) is 6.97. The summed E-state index contributed by atoms with van der Waals surface area (Å²) in [4.78, 5) is 27.1. The molecule has 1 aromatic carbocycles. The monoisotopic (exact) mass is 413 g/mol. The van der Waals surface area contributed by atoms with Crippen molar-refractivity contribution in [2.45, 2.75) is 27.3 Å². The van der Waals surface area contributed by atoms with Gasteiger partial charge in [0.1, 0.15) is 17.1 Å². The van der Waals surface area contributed by atoms with Gasteiger partial charge in [0.05, 0.1) is 19.9 Å². The zero-order chi connectivity index (χ0) is 21.3. The molecular weight excluding hydrogens is 390 g/mol. The number of methoxy groups -OCH3 is 2. The van der Waals surface area contributed by atoms with Crippen LogP contribution in [-0.4, -0.2) is 35.7 Å². The predicted octanol–water partition coefficient (Wildman–Crippen LogP) is 2.97. The molecule has 0 spiro atoms. The van der Waals surface area contributed by atoms with E-state index in [9.17, 15) is 9.59 Å². The molecule has 0 saturated carbocycles. The molecule has 0 radical (unpaired) electrons. The molecule has 1 aliphatic heterocycles. The smallest absolute Gasteiger partial charge is 0.270 e. The van der Waals surface area contributed by atoms with Gasteiger partial charge in [-0.25, -0.2) is 4.90 Å². The van der Waals surface area contributed by atoms with E-state index in [4.69, 9.17) is 21.7 Å². The van der Waals surface area contributed by atoms with Crippen molar-refractivity contribution < 1.29 is 19.1 Å². The van der Waals surface area contributed by atoms with Crippen LogP contribution in [0.5, 0.6) is 11.5 Å². The Morgan fingerprint density at radius 2 is 1.86 bits per heavy atom. The van der Waals surface area contributed by atoms with E-state index in [2.05, 4.69) is 9.88 Å². The van der Waals surface area contributed by atoms with E-state index in [1.54, 1.807) is 31.4 Å². The molecule has 1 fully saturated rings. The van der Waals surface area contributed by atoms with Gasteiger partial charge in [-0.1, -0.05) is 0 Å². The quantitative estimate of drug-likeness (QED) is 0.464. The van der Waals surface area contributed by atoms with Crippen molar-refractivity contribution in [3.05, 3.63) is 46.8 Å². The van der Waals surface area contributed by atoms with Gasteiger partial charge in [-0.15, -0.1) is 0 Å².